The molecule has 2 aromatic rings. The molecule has 38 heavy (non-hydrogen) atoms. The zero-order valence-corrected chi connectivity index (χ0v) is 22.5. The van der Waals surface area contributed by atoms with E-state index >= 15 is 0 Å². The number of nitrogens with zero attached hydrogens (tertiary/aromatic N) is 2. The second-order valence-corrected chi connectivity index (χ2v) is 10.1. The van der Waals surface area contributed by atoms with Gasteiger partial charge in [0.15, 0.2) is 5.17 Å². The van der Waals surface area contributed by atoms with E-state index in [2.05, 4.69) is 5.32 Å². The molecular formula is C29H31N3O5S. The van der Waals surface area contributed by atoms with Crippen molar-refractivity contribution < 1.29 is 23.8 Å². The quantitative estimate of drug-likeness (QED) is 0.435. The van der Waals surface area contributed by atoms with Gasteiger partial charge in [0.05, 0.1) is 44.6 Å². The first-order valence-electron chi connectivity index (χ1n) is 12.7. The number of fused-ring (bicyclic) bond motifs is 1. The van der Waals surface area contributed by atoms with Crippen LogP contribution in [0.1, 0.15) is 43.4 Å². The number of esters is 1. The van der Waals surface area contributed by atoms with Gasteiger partial charge < -0.3 is 24.4 Å². The van der Waals surface area contributed by atoms with E-state index in [0.717, 1.165) is 29.7 Å². The number of amidine groups is 1. The monoisotopic (exact) mass is 533 g/mol. The molecule has 9 heteroatoms. The minimum Gasteiger partial charge on any atom is -0.497 e. The van der Waals surface area contributed by atoms with Crippen LogP contribution in [0.4, 0.5) is 0 Å². The zero-order valence-electron chi connectivity index (χ0n) is 21.7. The summed E-state index contributed by atoms with van der Waals surface area (Å²) in [6, 6.07) is 14.5. The molecule has 0 radical (unpaired) electrons. The van der Waals surface area contributed by atoms with E-state index in [4.69, 9.17) is 19.2 Å². The molecule has 0 saturated heterocycles. The summed E-state index contributed by atoms with van der Waals surface area (Å²) in [5, 5.41) is 5.67. The second kappa shape index (κ2) is 11.3. The molecule has 0 bridgehead atoms. The van der Waals surface area contributed by atoms with Gasteiger partial charge in [-0.25, -0.2) is 9.79 Å². The molecule has 2 heterocycles. The molecule has 0 spiro atoms. The van der Waals surface area contributed by atoms with Crippen LogP contribution in [0.15, 0.2) is 70.2 Å². The SMILES string of the molecule is CCOC(=O)C1=C(c2ccccc2)N=C2SC=C(CC(=O)NCC3CC3)N2[C@@H]1c1ccc(OC)cc1OC. The fourth-order valence-corrected chi connectivity index (χ4v) is 5.55. The van der Waals surface area contributed by atoms with Crippen molar-refractivity contribution in [1.82, 2.24) is 10.2 Å². The third-order valence-electron chi connectivity index (χ3n) is 6.71. The number of nitrogens with one attached hydrogen (secondary N) is 1. The van der Waals surface area contributed by atoms with E-state index < -0.39 is 12.0 Å². The number of rotatable bonds is 10. The highest BCUT2D eigenvalue weighted by Crippen LogP contribution is 2.49. The fraction of sp³-hybridized carbons (Fsp3) is 0.345. The summed E-state index contributed by atoms with van der Waals surface area (Å²) in [5.41, 5.74) is 3.23. The molecule has 2 aromatic carbocycles. The lowest BCUT2D eigenvalue weighted by Gasteiger charge is -2.37. The Balaban J connectivity index is 1.63. The average Bonchev–Trinajstić information content (AvgIpc) is 3.70. The summed E-state index contributed by atoms with van der Waals surface area (Å²) in [6.45, 7) is 2.69. The number of hydrogen-bond donors (Lipinski definition) is 1. The number of methoxy groups -OCH3 is 2. The lowest BCUT2D eigenvalue weighted by Crippen LogP contribution is -2.38. The normalized spacial score (nSPS) is 18.4. The Bertz CT molecular complexity index is 1320. The lowest BCUT2D eigenvalue weighted by atomic mass is 9.90. The van der Waals surface area contributed by atoms with Gasteiger partial charge in [-0.05, 0) is 43.2 Å². The number of benzene rings is 2. The number of ether oxygens (including phenoxy) is 3. The Kier molecular flexibility index (Phi) is 7.74. The minimum atomic E-state index is -0.630. The molecule has 8 nitrogen and oxygen atoms in total. The van der Waals surface area contributed by atoms with Gasteiger partial charge in [0.1, 0.15) is 11.5 Å². The predicted octanol–water partition coefficient (Wildman–Crippen LogP) is 4.90. The smallest absolute Gasteiger partial charge is 0.338 e. The van der Waals surface area contributed by atoms with Gasteiger partial charge in [0.25, 0.3) is 0 Å². The van der Waals surface area contributed by atoms with Gasteiger partial charge in [-0.15, -0.1) is 0 Å². The Labute approximate surface area is 226 Å². The first-order valence-corrected chi connectivity index (χ1v) is 13.6. The molecule has 0 unspecified atom stereocenters. The van der Waals surface area contributed by atoms with E-state index in [9.17, 15) is 9.59 Å². The van der Waals surface area contributed by atoms with Crippen molar-refractivity contribution in [3.63, 3.8) is 0 Å². The third kappa shape index (κ3) is 5.29. The van der Waals surface area contributed by atoms with Gasteiger partial charge in [0, 0.05) is 29.4 Å². The number of aliphatic imine (C=N–C) groups is 1. The number of hydrogen-bond acceptors (Lipinski definition) is 8. The van der Waals surface area contributed by atoms with Crippen molar-refractivity contribution in [1.29, 1.82) is 0 Å². The average molecular weight is 534 g/mol. The van der Waals surface area contributed by atoms with Crippen LogP contribution >= 0.6 is 11.8 Å². The van der Waals surface area contributed by atoms with E-state index in [1.807, 2.05) is 52.8 Å². The van der Waals surface area contributed by atoms with Crippen LogP contribution in [0.2, 0.25) is 0 Å². The summed E-state index contributed by atoms with van der Waals surface area (Å²) in [7, 11) is 3.18. The summed E-state index contributed by atoms with van der Waals surface area (Å²) in [6.07, 6.45) is 2.50. The highest BCUT2D eigenvalue weighted by Gasteiger charge is 2.43. The molecule has 1 saturated carbocycles. The van der Waals surface area contributed by atoms with Crippen LogP contribution in [-0.2, 0) is 14.3 Å². The maximum Gasteiger partial charge on any atom is 0.338 e. The molecule has 1 fully saturated rings. The Morgan fingerprint density at radius 3 is 2.58 bits per heavy atom. The van der Waals surface area contributed by atoms with Crippen molar-refractivity contribution in [2.75, 3.05) is 27.4 Å². The van der Waals surface area contributed by atoms with Gasteiger partial charge in [-0.1, -0.05) is 42.1 Å². The zero-order chi connectivity index (χ0) is 26.6. The van der Waals surface area contributed by atoms with E-state index in [0.29, 0.717) is 40.4 Å². The number of carbonyl (C=O) groups is 2. The molecule has 0 aromatic heterocycles. The first kappa shape index (κ1) is 25.9. The molecular weight excluding hydrogens is 502 g/mol. The molecule has 5 rings (SSSR count). The fourth-order valence-electron chi connectivity index (χ4n) is 4.63. The maximum absolute atomic E-state index is 13.6. The Morgan fingerprint density at radius 2 is 1.89 bits per heavy atom. The van der Waals surface area contributed by atoms with Crippen LogP contribution in [0.25, 0.3) is 5.70 Å². The number of carbonyl (C=O) groups excluding carboxylic acids is 2. The van der Waals surface area contributed by atoms with E-state index in [1.54, 1.807) is 27.2 Å². The molecule has 2 aliphatic heterocycles. The predicted molar refractivity (Wildman–Crippen MR) is 148 cm³/mol. The van der Waals surface area contributed by atoms with Crippen molar-refractivity contribution in [3.8, 4) is 11.5 Å². The second-order valence-electron chi connectivity index (χ2n) is 9.27. The van der Waals surface area contributed by atoms with Gasteiger partial charge >= 0.3 is 5.97 Å². The van der Waals surface area contributed by atoms with Crippen LogP contribution in [0.3, 0.4) is 0 Å². The van der Waals surface area contributed by atoms with Gasteiger partial charge in [-0.2, -0.15) is 0 Å². The molecule has 1 atom stereocenters. The summed E-state index contributed by atoms with van der Waals surface area (Å²) in [5.74, 6) is 1.25. The molecule has 1 N–H and O–H groups in total. The van der Waals surface area contributed by atoms with Gasteiger partial charge in [-0.3, -0.25) is 4.79 Å². The molecule has 1 aliphatic carbocycles. The lowest BCUT2D eigenvalue weighted by molar-refractivity contribution is -0.139. The molecule has 1 amide bonds. The first-order chi connectivity index (χ1) is 18.5. The summed E-state index contributed by atoms with van der Waals surface area (Å²) >= 11 is 1.44. The largest absolute Gasteiger partial charge is 0.497 e. The topological polar surface area (TPSA) is 89.5 Å². The molecule has 3 aliphatic rings. The van der Waals surface area contributed by atoms with Crippen LogP contribution in [0.5, 0.6) is 11.5 Å². The summed E-state index contributed by atoms with van der Waals surface area (Å²) in [4.78, 5) is 33.4. The van der Waals surface area contributed by atoms with Crippen LogP contribution in [0, 0.1) is 5.92 Å². The maximum atomic E-state index is 13.6. The number of thioether (sulfide) groups is 1. The Hall–Kier alpha value is -3.72. The van der Waals surface area contributed by atoms with Crippen LogP contribution in [-0.4, -0.2) is 49.3 Å². The van der Waals surface area contributed by atoms with Gasteiger partial charge in [0.2, 0.25) is 5.91 Å². The van der Waals surface area contributed by atoms with Crippen LogP contribution < -0.4 is 14.8 Å². The van der Waals surface area contributed by atoms with Crippen molar-refractivity contribution in [2.24, 2.45) is 10.9 Å². The van der Waals surface area contributed by atoms with E-state index in [1.165, 1.54) is 11.8 Å². The minimum absolute atomic E-state index is 0.0547. The highest BCUT2D eigenvalue weighted by molar-refractivity contribution is 8.16. The summed E-state index contributed by atoms with van der Waals surface area (Å²) < 4.78 is 16.8. The standard InChI is InChI=1S/C29H31N3O5S/c1-4-37-28(34)25-26(19-8-6-5-7-9-19)31-29-32(20(17-38-29)14-24(33)30-16-18-10-11-18)27(25)22-13-12-21(35-2)15-23(22)36-3/h5-9,12-13,15,17-18,27H,4,10-11,14,16H2,1-3H3,(H,30,33)/t27-/m1/s1. The van der Waals surface area contributed by atoms with Crippen molar-refractivity contribution in [2.45, 2.75) is 32.2 Å². The molecule has 198 valence electrons. The van der Waals surface area contributed by atoms with Crippen molar-refractivity contribution in [3.05, 3.63) is 76.3 Å². The van der Waals surface area contributed by atoms with E-state index in [-0.39, 0.29) is 18.9 Å². The highest BCUT2D eigenvalue weighted by atomic mass is 32.2. The Morgan fingerprint density at radius 1 is 1.11 bits per heavy atom. The third-order valence-corrected chi connectivity index (χ3v) is 7.60. The number of amides is 1. The van der Waals surface area contributed by atoms with Crippen molar-refractivity contribution >= 4 is 34.5 Å².